The molecule has 2 rings (SSSR count). The second-order valence-corrected chi connectivity index (χ2v) is 6.07. The number of ether oxygens (including phenoxy) is 1. The molecular formula is C17H26N2O2. The number of nitrogens with one attached hydrogen (secondary N) is 2. The Hall–Kier alpha value is -1.55. The van der Waals surface area contributed by atoms with Gasteiger partial charge in [0.2, 0.25) is 5.91 Å². The maximum absolute atomic E-state index is 11.6. The first kappa shape index (κ1) is 15.8. The van der Waals surface area contributed by atoms with Crippen molar-refractivity contribution in [3.8, 4) is 5.75 Å². The van der Waals surface area contributed by atoms with Gasteiger partial charge in [-0.25, -0.2) is 0 Å². The molecule has 0 atom stereocenters. The van der Waals surface area contributed by atoms with Crippen LogP contribution >= 0.6 is 0 Å². The third-order valence-electron chi connectivity index (χ3n) is 3.37. The summed E-state index contributed by atoms with van der Waals surface area (Å²) in [4.78, 5) is 11.6. The van der Waals surface area contributed by atoms with Crippen molar-refractivity contribution in [2.75, 3.05) is 13.2 Å². The standard InChI is InChI=1S/C17H26N2O2/c1-13(2)11-18-12-14-5-3-4-6-16(14)21-10-9-17(20)19-15-7-8-15/h3-6,13,15,18H,7-12H2,1-2H3,(H,19,20). The van der Waals surface area contributed by atoms with Crippen LogP contribution in [0.1, 0.15) is 38.7 Å². The Labute approximate surface area is 127 Å². The fourth-order valence-electron chi connectivity index (χ4n) is 2.07. The summed E-state index contributed by atoms with van der Waals surface area (Å²) in [6.07, 6.45) is 2.66. The Morgan fingerprint density at radius 2 is 2.10 bits per heavy atom. The van der Waals surface area contributed by atoms with Gasteiger partial charge in [-0.05, 0) is 31.4 Å². The average Bonchev–Trinajstić information content (AvgIpc) is 3.24. The van der Waals surface area contributed by atoms with Crippen LogP contribution in [0.5, 0.6) is 5.75 Å². The lowest BCUT2D eigenvalue weighted by molar-refractivity contribution is -0.121. The van der Waals surface area contributed by atoms with E-state index in [9.17, 15) is 4.79 Å². The fraction of sp³-hybridized carbons (Fsp3) is 0.588. The summed E-state index contributed by atoms with van der Waals surface area (Å²) in [7, 11) is 0. The monoisotopic (exact) mass is 290 g/mol. The van der Waals surface area contributed by atoms with Crippen molar-refractivity contribution in [1.82, 2.24) is 10.6 Å². The first-order chi connectivity index (χ1) is 10.1. The Morgan fingerprint density at radius 1 is 1.33 bits per heavy atom. The fourth-order valence-corrected chi connectivity index (χ4v) is 2.07. The highest BCUT2D eigenvalue weighted by Crippen LogP contribution is 2.19. The minimum absolute atomic E-state index is 0.0907. The molecule has 1 aromatic carbocycles. The molecule has 4 heteroatoms. The molecular weight excluding hydrogens is 264 g/mol. The molecule has 0 unspecified atom stereocenters. The quantitative estimate of drug-likeness (QED) is 0.734. The van der Waals surface area contributed by atoms with E-state index in [1.165, 1.54) is 0 Å². The van der Waals surface area contributed by atoms with Gasteiger partial charge in [-0.3, -0.25) is 4.79 Å². The number of para-hydroxylation sites is 1. The van der Waals surface area contributed by atoms with Gasteiger partial charge < -0.3 is 15.4 Å². The zero-order valence-corrected chi connectivity index (χ0v) is 13.0. The zero-order valence-electron chi connectivity index (χ0n) is 13.0. The molecule has 1 aliphatic rings. The van der Waals surface area contributed by atoms with E-state index in [4.69, 9.17) is 4.74 Å². The highest BCUT2D eigenvalue weighted by Gasteiger charge is 2.22. The third kappa shape index (κ3) is 6.17. The smallest absolute Gasteiger partial charge is 0.223 e. The van der Waals surface area contributed by atoms with Gasteiger partial charge in [-0.1, -0.05) is 32.0 Å². The van der Waals surface area contributed by atoms with Crippen LogP contribution in [0.4, 0.5) is 0 Å². The van der Waals surface area contributed by atoms with Gasteiger partial charge >= 0.3 is 0 Å². The largest absolute Gasteiger partial charge is 0.493 e. The highest BCUT2D eigenvalue weighted by atomic mass is 16.5. The molecule has 1 aliphatic carbocycles. The van der Waals surface area contributed by atoms with Gasteiger partial charge in [0.1, 0.15) is 5.75 Å². The van der Waals surface area contributed by atoms with Gasteiger partial charge in [0, 0.05) is 18.2 Å². The van der Waals surface area contributed by atoms with Crippen LogP contribution < -0.4 is 15.4 Å². The molecule has 0 saturated heterocycles. The molecule has 0 radical (unpaired) electrons. The Morgan fingerprint density at radius 3 is 2.81 bits per heavy atom. The van der Waals surface area contributed by atoms with Gasteiger partial charge in [-0.2, -0.15) is 0 Å². The number of rotatable bonds is 9. The molecule has 1 amide bonds. The molecule has 21 heavy (non-hydrogen) atoms. The topological polar surface area (TPSA) is 50.4 Å². The third-order valence-corrected chi connectivity index (χ3v) is 3.37. The number of hydrogen-bond donors (Lipinski definition) is 2. The van der Waals surface area contributed by atoms with Crippen molar-refractivity contribution >= 4 is 5.91 Å². The summed E-state index contributed by atoms with van der Waals surface area (Å²) in [6, 6.07) is 8.42. The van der Waals surface area contributed by atoms with Crippen molar-refractivity contribution in [3.63, 3.8) is 0 Å². The number of carbonyl (C=O) groups is 1. The van der Waals surface area contributed by atoms with E-state index in [0.29, 0.717) is 25.0 Å². The molecule has 0 aliphatic heterocycles. The Kier molecular flexibility index (Phi) is 6.05. The van der Waals surface area contributed by atoms with Gasteiger partial charge in [0.05, 0.1) is 13.0 Å². The summed E-state index contributed by atoms with van der Waals surface area (Å²) in [5.41, 5.74) is 1.14. The van der Waals surface area contributed by atoms with Crippen LogP contribution in [0.2, 0.25) is 0 Å². The van der Waals surface area contributed by atoms with Gasteiger partial charge in [0.25, 0.3) is 0 Å². The molecule has 1 fully saturated rings. The van der Waals surface area contributed by atoms with Crippen molar-refractivity contribution in [2.24, 2.45) is 5.92 Å². The maximum atomic E-state index is 11.6. The van der Waals surface area contributed by atoms with Crippen LogP contribution in [-0.2, 0) is 11.3 Å². The summed E-state index contributed by atoms with van der Waals surface area (Å²) < 4.78 is 5.77. The maximum Gasteiger partial charge on any atom is 0.223 e. The molecule has 0 bridgehead atoms. The van der Waals surface area contributed by atoms with E-state index in [2.05, 4.69) is 30.5 Å². The first-order valence-electron chi connectivity index (χ1n) is 7.86. The van der Waals surface area contributed by atoms with Crippen molar-refractivity contribution in [3.05, 3.63) is 29.8 Å². The van der Waals surface area contributed by atoms with Crippen LogP contribution in [0.15, 0.2) is 24.3 Å². The highest BCUT2D eigenvalue weighted by molar-refractivity contribution is 5.76. The second kappa shape index (κ2) is 8.03. The lowest BCUT2D eigenvalue weighted by atomic mass is 10.2. The van der Waals surface area contributed by atoms with E-state index in [1.54, 1.807) is 0 Å². The van der Waals surface area contributed by atoms with Crippen LogP contribution in [0.3, 0.4) is 0 Å². The second-order valence-electron chi connectivity index (χ2n) is 6.07. The first-order valence-corrected chi connectivity index (χ1v) is 7.86. The van der Waals surface area contributed by atoms with E-state index in [1.807, 2.05) is 18.2 Å². The van der Waals surface area contributed by atoms with Crippen molar-refractivity contribution in [2.45, 2.75) is 45.7 Å². The van der Waals surface area contributed by atoms with Crippen molar-refractivity contribution in [1.29, 1.82) is 0 Å². The Bertz CT molecular complexity index is 456. The van der Waals surface area contributed by atoms with E-state index in [0.717, 1.165) is 37.2 Å². The summed E-state index contributed by atoms with van der Waals surface area (Å²) in [6.45, 7) is 6.59. The van der Waals surface area contributed by atoms with E-state index >= 15 is 0 Å². The van der Waals surface area contributed by atoms with E-state index < -0.39 is 0 Å². The van der Waals surface area contributed by atoms with E-state index in [-0.39, 0.29) is 5.91 Å². The number of hydrogen-bond acceptors (Lipinski definition) is 3. The van der Waals surface area contributed by atoms with Gasteiger partial charge in [0.15, 0.2) is 0 Å². The predicted molar refractivity (Wildman–Crippen MR) is 84.3 cm³/mol. The molecule has 0 aromatic heterocycles. The lowest BCUT2D eigenvalue weighted by Gasteiger charge is -2.13. The average molecular weight is 290 g/mol. The normalized spacial score (nSPS) is 14.2. The minimum atomic E-state index is 0.0907. The summed E-state index contributed by atoms with van der Waals surface area (Å²) in [5.74, 6) is 1.59. The molecule has 4 nitrogen and oxygen atoms in total. The number of benzene rings is 1. The van der Waals surface area contributed by atoms with Gasteiger partial charge in [-0.15, -0.1) is 0 Å². The SMILES string of the molecule is CC(C)CNCc1ccccc1OCCC(=O)NC1CC1. The summed E-state index contributed by atoms with van der Waals surface area (Å²) >= 11 is 0. The van der Waals surface area contributed by atoms with Crippen LogP contribution in [0, 0.1) is 5.92 Å². The van der Waals surface area contributed by atoms with Crippen molar-refractivity contribution < 1.29 is 9.53 Å². The lowest BCUT2D eigenvalue weighted by Crippen LogP contribution is -2.26. The number of carbonyl (C=O) groups excluding carboxylic acids is 1. The minimum Gasteiger partial charge on any atom is -0.493 e. The number of amides is 1. The molecule has 1 aromatic rings. The van der Waals surface area contributed by atoms with Crippen LogP contribution in [0.25, 0.3) is 0 Å². The predicted octanol–water partition coefficient (Wildman–Crippen LogP) is 2.48. The molecule has 116 valence electrons. The molecule has 2 N–H and O–H groups in total. The van der Waals surface area contributed by atoms with Crippen LogP contribution in [-0.4, -0.2) is 25.1 Å². The zero-order chi connectivity index (χ0) is 15.1. The molecule has 0 spiro atoms. The Balaban J connectivity index is 1.74. The summed E-state index contributed by atoms with van der Waals surface area (Å²) in [5, 5.41) is 6.39. The molecule has 0 heterocycles. The molecule has 1 saturated carbocycles.